The number of phenolic OH excluding ortho intramolecular Hbond substituents is 1. The molecule has 4 amide bonds. The quantitative estimate of drug-likeness (QED) is 0.0893. The minimum atomic E-state index is -1.52. The van der Waals surface area contributed by atoms with Crippen LogP contribution in [-0.4, -0.2) is 85.0 Å². The first-order valence-electron chi connectivity index (χ1n) is 13.8. The zero-order valence-electron chi connectivity index (χ0n) is 25.7. The summed E-state index contributed by atoms with van der Waals surface area (Å²) in [6, 6.07) is 2.03. The average Bonchev–Trinajstić information content (AvgIpc) is 3.43. The summed E-state index contributed by atoms with van der Waals surface area (Å²) in [6.45, 7) is 3.71. The molecule has 17 nitrogen and oxygen atoms in total. The molecule has 1 saturated heterocycles. The number of aliphatic carboxylic acids is 1. The molecule has 1 fully saturated rings. The number of nitrogens with one attached hydrogen (secondary N) is 6. The van der Waals surface area contributed by atoms with Crippen molar-refractivity contribution in [3.05, 3.63) is 68.9 Å². The maximum atomic E-state index is 13.6. The third-order valence-corrected chi connectivity index (χ3v) is 9.06. The fourth-order valence-corrected chi connectivity index (χ4v) is 7.00. The Morgan fingerprint density at radius 3 is 2.57 bits per heavy atom. The van der Waals surface area contributed by atoms with Crippen molar-refractivity contribution in [2.24, 2.45) is 0 Å². The molecule has 3 aliphatic rings. The normalized spacial score (nSPS) is 19.3. The van der Waals surface area contributed by atoms with Gasteiger partial charge in [0.2, 0.25) is 16.9 Å². The van der Waals surface area contributed by atoms with Gasteiger partial charge < -0.3 is 41.1 Å². The number of anilines is 2. The van der Waals surface area contributed by atoms with Crippen LogP contribution in [0.15, 0.2) is 57.8 Å². The molecule has 1 unspecified atom stereocenters. The first-order valence-corrected chi connectivity index (χ1v) is 15.9. The summed E-state index contributed by atoms with van der Waals surface area (Å²) in [4.78, 5) is 77.3. The predicted octanol–water partition coefficient (Wildman–Crippen LogP) is -3.52. The van der Waals surface area contributed by atoms with Crippen molar-refractivity contribution >= 4 is 59.0 Å². The maximum Gasteiger partial charge on any atom is 1.00 e. The van der Waals surface area contributed by atoms with Crippen LogP contribution in [0, 0.1) is 0 Å². The Bertz CT molecular complexity index is 1670. The van der Waals surface area contributed by atoms with E-state index in [2.05, 4.69) is 36.7 Å². The summed E-state index contributed by atoms with van der Waals surface area (Å²) in [6.07, 6.45) is 2.76. The molecule has 4 heterocycles. The molecular formula is C27H30N9NaO8S2. The molecule has 0 aliphatic carbocycles. The maximum absolute atomic E-state index is 13.6. The van der Waals surface area contributed by atoms with Gasteiger partial charge >= 0.3 is 35.6 Å². The third-order valence-electron chi connectivity index (χ3n) is 6.76. The molecule has 5 rings (SSSR count). The van der Waals surface area contributed by atoms with E-state index in [1.807, 2.05) is 13.8 Å². The number of β-lactam (4-membered cyclic amide) rings is 1. The average molecular weight is 696 g/mol. The van der Waals surface area contributed by atoms with Crippen molar-refractivity contribution in [2.45, 2.75) is 37.3 Å². The number of H-pyrrole nitrogens is 1. The molecule has 2 aromatic rings. The minimum Gasteiger partial charge on any atom is -0.543 e. The van der Waals surface area contributed by atoms with Crippen molar-refractivity contribution in [3.8, 4) is 5.75 Å². The smallest absolute Gasteiger partial charge is 0.543 e. The number of aromatic amines is 1. The molecule has 3 atom stereocenters. The van der Waals surface area contributed by atoms with Crippen LogP contribution in [0.4, 0.5) is 16.4 Å². The number of hydrazine groups is 1. The molecule has 0 bridgehead atoms. The van der Waals surface area contributed by atoms with Crippen molar-refractivity contribution in [2.75, 3.05) is 29.2 Å². The summed E-state index contributed by atoms with van der Waals surface area (Å²) in [5.41, 5.74) is 2.45. The van der Waals surface area contributed by atoms with Gasteiger partial charge in [0.05, 0.1) is 24.1 Å². The standard InChI is InChI=1S/C27H31N9O8S2.Na/c1-12(2)30-26-28-8-16(21(38)34-26)31-27(43)33-18(13-4-6-15(37)7-5-13)22(39)32-19-23(40)36-20(25(41)42)14(11-46-24(19)36)10-45-17-9-29-35(3)44-17;/h4-9,12,18-19,24,29,37H,10-11H2,1-3H3,(H,32,39)(H,41,42)(H2,31,33,43)(H2,28,30,34,38);/q;+1/p-1/t18-,19?,24-;/m1./s1. The SMILES string of the molecule is CC(C)Nc1ncc(NC(=O)N[C@@H](C(=O)NC2C(=O)N3C(C(=O)[O-])=C(CSC4=CNN(C)O4)CS[C@H]23)c2ccc(O)cc2)c(=O)[nH]1.[Na+]. The number of phenols is 1. The van der Waals surface area contributed by atoms with E-state index in [0.717, 1.165) is 11.1 Å². The van der Waals surface area contributed by atoms with Gasteiger partial charge in [0.1, 0.15) is 28.9 Å². The van der Waals surface area contributed by atoms with Crippen molar-refractivity contribution in [1.29, 1.82) is 0 Å². The van der Waals surface area contributed by atoms with Crippen LogP contribution in [0.5, 0.6) is 5.75 Å². The number of carboxylic acid groups (broad SMARTS) is 1. The second kappa shape index (κ2) is 15.3. The summed E-state index contributed by atoms with van der Waals surface area (Å²) in [7, 11) is 1.65. The summed E-state index contributed by atoms with van der Waals surface area (Å²) >= 11 is 2.51. The van der Waals surface area contributed by atoms with E-state index in [0.29, 0.717) is 10.7 Å². The Morgan fingerprint density at radius 2 is 1.96 bits per heavy atom. The monoisotopic (exact) mass is 695 g/mol. The van der Waals surface area contributed by atoms with E-state index in [-0.39, 0.29) is 75.8 Å². The van der Waals surface area contributed by atoms with Gasteiger partial charge in [-0.1, -0.05) is 29.1 Å². The summed E-state index contributed by atoms with van der Waals surface area (Å²) in [5.74, 6) is -2.37. The van der Waals surface area contributed by atoms with Crippen molar-refractivity contribution in [3.63, 3.8) is 0 Å². The van der Waals surface area contributed by atoms with Gasteiger partial charge in [0, 0.05) is 24.6 Å². The number of hydrogen-bond acceptors (Lipinski definition) is 14. The minimum absolute atomic E-state index is 0. The first-order chi connectivity index (χ1) is 21.9. The van der Waals surface area contributed by atoms with Gasteiger partial charge in [-0.15, -0.1) is 11.8 Å². The Kier molecular flexibility index (Phi) is 11.7. The molecule has 1 aromatic carbocycles. The Morgan fingerprint density at radius 1 is 1.23 bits per heavy atom. The number of carbonyl (C=O) groups excluding carboxylic acids is 4. The van der Waals surface area contributed by atoms with Gasteiger partial charge in [-0.25, -0.2) is 9.78 Å². The van der Waals surface area contributed by atoms with E-state index in [1.54, 1.807) is 13.2 Å². The Hall–Kier alpha value is -3.88. The van der Waals surface area contributed by atoms with E-state index >= 15 is 0 Å². The van der Waals surface area contributed by atoms with Crippen LogP contribution in [0.1, 0.15) is 25.5 Å². The van der Waals surface area contributed by atoms with Gasteiger partial charge in [0.15, 0.2) is 0 Å². The number of carbonyl (C=O) groups is 4. The number of urea groups is 1. The van der Waals surface area contributed by atoms with Crippen LogP contribution in [0.2, 0.25) is 0 Å². The topological polar surface area (TPSA) is 233 Å². The summed E-state index contributed by atoms with van der Waals surface area (Å²) in [5, 5.41) is 33.4. The number of rotatable bonds is 11. The first kappa shape index (κ1) is 36.0. The molecule has 7 N–H and O–H groups in total. The second-order valence-electron chi connectivity index (χ2n) is 10.5. The number of hydroxylamine groups is 1. The van der Waals surface area contributed by atoms with Crippen LogP contribution in [-0.2, 0) is 19.2 Å². The zero-order chi connectivity index (χ0) is 33.1. The Labute approximate surface area is 298 Å². The number of hydrogen-bond donors (Lipinski definition) is 7. The zero-order valence-corrected chi connectivity index (χ0v) is 29.3. The number of aromatic nitrogens is 2. The number of nitrogens with zero attached hydrogens (tertiary/aromatic N) is 3. The largest absolute Gasteiger partial charge is 1.00 e. The van der Waals surface area contributed by atoms with Gasteiger partial charge in [-0.2, -0.15) is 0 Å². The number of carboxylic acids is 1. The van der Waals surface area contributed by atoms with Crippen LogP contribution in [0.25, 0.3) is 0 Å². The van der Waals surface area contributed by atoms with E-state index < -0.39 is 46.8 Å². The van der Waals surface area contributed by atoms with E-state index in [4.69, 9.17) is 4.84 Å². The van der Waals surface area contributed by atoms with Crippen LogP contribution in [0.3, 0.4) is 0 Å². The van der Waals surface area contributed by atoms with Gasteiger partial charge in [-0.05, 0) is 37.1 Å². The molecular weight excluding hydrogens is 665 g/mol. The summed E-state index contributed by atoms with van der Waals surface area (Å²) < 4.78 is 0. The predicted molar refractivity (Wildman–Crippen MR) is 166 cm³/mol. The fraction of sp³-hybridized carbons (Fsp3) is 0.333. The second-order valence-corrected chi connectivity index (χ2v) is 12.6. The van der Waals surface area contributed by atoms with Crippen molar-refractivity contribution < 1.29 is 63.8 Å². The van der Waals surface area contributed by atoms with Gasteiger partial charge in [0.25, 0.3) is 11.5 Å². The third kappa shape index (κ3) is 8.35. The van der Waals surface area contributed by atoms with Gasteiger partial charge in [-0.3, -0.25) is 29.7 Å². The molecule has 47 heavy (non-hydrogen) atoms. The van der Waals surface area contributed by atoms with Crippen LogP contribution >= 0.6 is 23.5 Å². The molecule has 1 aromatic heterocycles. The number of thioether (sulfide) groups is 2. The number of benzene rings is 1. The number of amides is 4. The number of fused-ring (bicyclic) bond motifs is 1. The molecule has 0 spiro atoms. The fourth-order valence-electron chi connectivity index (χ4n) is 4.66. The van der Waals surface area contributed by atoms with Crippen molar-refractivity contribution in [1.82, 2.24) is 36.1 Å². The molecule has 0 saturated carbocycles. The number of aromatic hydroxyl groups is 1. The molecule has 20 heteroatoms. The van der Waals surface area contributed by atoms with E-state index in [9.17, 15) is 34.2 Å². The van der Waals surface area contributed by atoms with Crippen LogP contribution < -0.4 is 66.9 Å². The molecule has 3 aliphatic heterocycles. The Balaban J connectivity index is 0.00000500. The molecule has 0 radical (unpaired) electrons. The van der Waals surface area contributed by atoms with E-state index in [1.165, 1.54) is 53.0 Å². The molecule has 244 valence electrons.